The van der Waals surface area contributed by atoms with E-state index in [1.807, 2.05) is 38.1 Å². The van der Waals surface area contributed by atoms with Crippen LogP contribution in [-0.4, -0.2) is 40.8 Å². The molecule has 0 saturated heterocycles. The first kappa shape index (κ1) is 18.0. The highest BCUT2D eigenvalue weighted by Crippen LogP contribution is 2.17. The summed E-state index contributed by atoms with van der Waals surface area (Å²) in [5.41, 5.74) is 2.30. The molecule has 0 saturated carbocycles. The molecule has 1 aliphatic heterocycles. The number of nitrogens with one attached hydrogen (secondary N) is 2. The number of methoxy groups -OCH3 is 1. The molecule has 3 rings (SSSR count). The van der Waals surface area contributed by atoms with E-state index in [1.165, 1.54) is 0 Å². The standard InChI is InChI=1S/C19H24N4O3/c1-12(2)20-19(25)17-10-15-9-14(11-23(15)22-17)21-18(24)8-13-5-4-6-16(7-13)26-3/h4-7,10,12,14H,8-9,11H2,1-3H3,(H,20,25)(H,21,24)/t14-/m0/s1. The van der Waals surface area contributed by atoms with E-state index in [0.717, 1.165) is 17.0 Å². The van der Waals surface area contributed by atoms with Gasteiger partial charge in [-0.1, -0.05) is 12.1 Å². The molecule has 7 heteroatoms. The van der Waals surface area contributed by atoms with Gasteiger partial charge in [-0.2, -0.15) is 5.10 Å². The molecular formula is C19H24N4O3. The molecule has 1 aromatic carbocycles. The summed E-state index contributed by atoms with van der Waals surface area (Å²) in [5, 5.41) is 10.2. The molecule has 1 aliphatic rings. The lowest BCUT2D eigenvalue weighted by atomic mass is 10.1. The summed E-state index contributed by atoms with van der Waals surface area (Å²) in [6.45, 7) is 4.40. The lowest BCUT2D eigenvalue weighted by molar-refractivity contribution is -0.121. The van der Waals surface area contributed by atoms with Crippen molar-refractivity contribution >= 4 is 11.8 Å². The third kappa shape index (κ3) is 4.22. The molecule has 1 aromatic heterocycles. The van der Waals surface area contributed by atoms with Crippen molar-refractivity contribution in [2.75, 3.05) is 7.11 Å². The average molecular weight is 356 g/mol. The minimum absolute atomic E-state index is 0.00202. The Morgan fingerprint density at radius 1 is 1.35 bits per heavy atom. The first-order valence-corrected chi connectivity index (χ1v) is 8.74. The lowest BCUT2D eigenvalue weighted by Gasteiger charge is -2.12. The summed E-state index contributed by atoms with van der Waals surface area (Å²) >= 11 is 0. The number of hydrogen-bond donors (Lipinski definition) is 2. The van der Waals surface area contributed by atoms with Gasteiger partial charge in [-0.15, -0.1) is 0 Å². The fraction of sp³-hybridized carbons (Fsp3) is 0.421. The molecule has 0 fully saturated rings. The van der Waals surface area contributed by atoms with Crippen LogP contribution in [0.3, 0.4) is 0 Å². The van der Waals surface area contributed by atoms with Crippen molar-refractivity contribution < 1.29 is 14.3 Å². The molecule has 2 N–H and O–H groups in total. The van der Waals surface area contributed by atoms with Gasteiger partial charge in [0, 0.05) is 18.2 Å². The number of benzene rings is 1. The molecule has 0 aliphatic carbocycles. The Morgan fingerprint density at radius 2 is 2.15 bits per heavy atom. The fourth-order valence-electron chi connectivity index (χ4n) is 3.09. The summed E-state index contributed by atoms with van der Waals surface area (Å²) in [7, 11) is 1.61. The molecule has 7 nitrogen and oxygen atoms in total. The zero-order valence-electron chi connectivity index (χ0n) is 15.3. The predicted molar refractivity (Wildman–Crippen MR) is 97.2 cm³/mol. The highest BCUT2D eigenvalue weighted by molar-refractivity contribution is 5.92. The van der Waals surface area contributed by atoms with Gasteiger partial charge in [-0.05, 0) is 37.6 Å². The fourth-order valence-corrected chi connectivity index (χ4v) is 3.09. The van der Waals surface area contributed by atoms with Crippen molar-refractivity contribution in [3.63, 3.8) is 0 Å². The Balaban J connectivity index is 1.54. The number of rotatable bonds is 6. The monoisotopic (exact) mass is 356 g/mol. The van der Waals surface area contributed by atoms with Crippen molar-refractivity contribution in [3.05, 3.63) is 47.3 Å². The number of aromatic nitrogens is 2. The number of carbonyl (C=O) groups excluding carboxylic acids is 2. The molecule has 1 atom stereocenters. The van der Waals surface area contributed by atoms with Crippen LogP contribution in [0, 0.1) is 0 Å². The highest BCUT2D eigenvalue weighted by Gasteiger charge is 2.26. The molecule has 0 bridgehead atoms. The number of carbonyl (C=O) groups is 2. The first-order chi connectivity index (χ1) is 12.4. The Bertz CT molecular complexity index is 789. The van der Waals surface area contributed by atoms with Gasteiger partial charge in [0.2, 0.25) is 5.91 Å². The van der Waals surface area contributed by atoms with E-state index >= 15 is 0 Å². The van der Waals surface area contributed by atoms with E-state index in [2.05, 4.69) is 15.7 Å². The SMILES string of the molecule is COc1cccc(CC(=O)N[C@H]2Cc3cc(C(=O)NC(C)C)nn3C2)c1. The molecule has 2 heterocycles. The molecule has 0 unspecified atom stereocenters. The molecule has 138 valence electrons. The van der Waals surface area contributed by atoms with E-state index in [9.17, 15) is 9.59 Å². The molecular weight excluding hydrogens is 332 g/mol. The minimum atomic E-state index is -0.166. The van der Waals surface area contributed by atoms with Crippen molar-refractivity contribution in [2.24, 2.45) is 0 Å². The normalized spacial score (nSPS) is 15.6. The van der Waals surface area contributed by atoms with Crippen LogP contribution in [-0.2, 0) is 24.2 Å². The van der Waals surface area contributed by atoms with E-state index in [-0.39, 0.29) is 23.9 Å². The lowest BCUT2D eigenvalue weighted by Crippen LogP contribution is -2.37. The van der Waals surface area contributed by atoms with Crippen molar-refractivity contribution in [2.45, 2.75) is 45.3 Å². The van der Waals surface area contributed by atoms with Crippen LogP contribution in [0.15, 0.2) is 30.3 Å². The summed E-state index contributed by atoms with van der Waals surface area (Å²) in [4.78, 5) is 24.3. The molecule has 2 amide bonds. The van der Waals surface area contributed by atoms with Crippen LogP contribution in [0.1, 0.15) is 35.6 Å². The van der Waals surface area contributed by atoms with Gasteiger partial charge in [0.15, 0.2) is 0 Å². The summed E-state index contributed by atoms with van der Waals surface area (Å²) in [5.74, 6) is 0.538. The molecule has 2 aromatic rings. The smallest absolute Gasteiger partial charge is 0.271 e. The zero-order chi connectivity index (χ0) is 18.7. The third-order valence-electron chi connectivity index (χ3n) is 4.23. The van der Waals surface area contributed by atoms with E-state index in [0.29, 0.717) is 25.1 Å². The van der Waals surface area contributed by atoms with Crippen LogP contribution in [0.2, 0.25) is 0 Å². The molecule has 0 radical (unpaired) electrons. The van der Waals surface area contributed by atoms with Crippen LogP contribution in [0.25, 0.3) is 0 Å². The van der Waals surface area contributed by atoms with Crippen molar-refractivity contribution in [1.82, 2.24) is 20.4 Å². The van der Waals surface area contributed by atoms with Crippen LogP contribution in [0.5, 0.6) is 5.75 Å². The molecule has 26 heavy (non-hydrogen) atoms. The van der Waals surface area contributed by atoms with E-state index < -0.39 is 0 Å². The van der Waals surface area contributed by atoms with E-state index in [1.54, 1.807) is 17.9 Å². The topological polar surface area (TPSA) is 85.2 Å². The highest BCUT2D eigenvalue weighted by atomic mass is 16.5. The average Bonchev–Trinajstić information content (AvgIpc) is 3.12. The van der Waals surface area contributed by atoms with Gasteiger partial charge in [0.05, 0.1) is 26.1 Å². The number of nitrogens with zero attached hydrogens (tertiary/aromatic N) is 2. The van der Waals surface area contributed by atoms with Gasteiger partial charge in [-0.3, -0.25) is 14.3 Å². The maximum atomic E-state index is 12.3. The summed E-state index contributed by atoms with van der Waals surface area (Å²) in [6, 6.07) is 9.35. The van der Waals surface area contributed by atoms with Gasteiger partial charge in [-0.25, -0.2) is 0 Å². The van der Waals surface area contributed by atoms with E-state index in [4.69, 9.17) is 4.74 Å². The van der Waals surface area contributed by atoms with Gasteiger partial charge in [0.1, 0.15) is 11.4 Å². The van der Waals surface area contributed by atoms with Gasteiger partial charge >= 0.3 is 0 Å². The molecule has 0 spiro atoms. The number of ether oxygens (including phenoxy) is 1. The van der Waals surface area contributed by atoms with Gasteiger partial charge in [0.25, 0.3) is 5.91 Å². The Kier molecular flexibility index (Phi) is 5.25. The van der Waals surface area contributed by atoms with Crippen LogP contribution >= 0.6 is 0 Å². The van der Waals surface area contributed by atoms with Crippen molar-refractivity contribution in [1.29, 1.82) is 0 Å². The van der Waals surface area contributed by atoms with Gasteiger partial charge < -0.3 is 15.4 Å². The van der Waals surface area contributed by atoms with Crippen LogP contribution < -0.4 is 15.4 Å². The van der Waals surface area contributed by atoms with Crippen molar-refractivity contribution in [3.8, 4) is 5.75 Å². The second-order valence-corrected chi connectivity index (χ2v) is 6.83. The Labute approximate surface area is 152 Å². The Morgan fingerprint density at radius 3 is 2.85 bits per heavy atom. The first-order valence-electron chi connectivity index (χ1n) is 8.74. The quantitative estimate of drug-likeness (QED) is 0.817. The third-order valence-corrected chi connectivity index (χ3v) is 4.23. The second kappa shape index (κ2) is 7.59. The minimum Gasteiger partial charge on any atom is -0.497 e. The maximum absolute atomic E-state index is 12.3. The summed E-state index contributed by atoms with van der Waals surface area (Å²) in [6.07, 6.45) is 0.976. The maximum Gasteiger partial charge on any atom is 0.271 e. The van der Waals surface area contributed by atoms with Crippen LogP contribution in [0.4, 0.5) is 0 Å². The Hall–Kier alpha value is -2.83. The number of amides is 2. The summed E-state index contributed by atoms with van der Waals surface area (Å²) < 4.78 is 6.98. The second-order valence-electron chi connectivity index (χ2n) is 6.83. The number of fused-ring (bicyclic) bond motifs is 1. The zero-order valence-corrected chi connectivity index (χ0v) is 15.3. The number of hydrogen-bond acceptors (Lipinski definition) is 4. The largest absolute Gasteiger partial charge is 0.497 e. The predicted octanol–water partition coefficient (Wildman–Crippen LogP) is 1.31.